The summed E-state index contributed by atoms with van der Waals surface area (Å²) < 4.78 is 0. The zero-order valence-corrected chi connectivity index (χ0v) is 14.0. The molecule has 0 aliphatic carbocycles. The molecule has 0 nitrogen and oxygen atoms in total. The molecule has 0 saturated carbocycles. The zero-order chi connectivity index (χ0) is 8.23. The third-order valence-corrected chi connectivity index (χ3v) is 1.88. The van der Waals surface area contributed by atoms with Crippen LogP contribution in [0.15, 0.2) is 60.7 Å². The molecular weight excluding hydrogens is 334 g/mol. The molecular formula is C12H14Cl2Sn. The van der Waals surface area contributed by atoms with Crippen LogP contribution in [0, 0.1) is 0 Å². The Morgan fingerprint density at radius 1 is 0.467 bits per heavy atom. The second-order valence-corrected chi connectivity index (χ2v) is 2.73. The van der Waals surface area contributed by atoms with E-state index >= 15 is 0 Å². The van der Waals surface area contributed by atoms with Crippen LogP contribution in [-0.4, -0.2) is 23.9 Å². The van der Waals surface area contributed by atoms with E-state index in [9.17, 15) is 0 Å². The second kappa shape index (κ2) is 9.07. The molecule has 0 amide bonds. The molecule has 0 aromatic heterocycles. The maximum absolute atomic E-state index is 2.12. The van der Waals surface area contributed by atoms with Gasteiger partial charge >= 0.3 is 23.9 Å². The summed E-state index contributed by atoms with van der Waals surface area (Å²) in [5.41, 5.74) is 2.55. The molecule has 0 heterocycles. The molecule has 0 spiro atoms. The molecule has 0 atom stereocenters. The summed E-state index contributed by atoms with van der Waals surface area (Å²) in [6.45, 7) is 0. The molecule has 0 aliphatic rings. The van der Waals surface area contributed by atoms with Crippen LogP contribution in [0.25, 0.3) is 11.1 Å². The van der Waals surface area contributed by atoms with E-state index in [1.165, 1.54) is 11.1 Å². The van der Waals surface area contributed by atoms with Gasteiger partial charge in [-0.15, -0.1) is 24.8 Å². The number of hydrogen-bond donors (Lipinski definition) is 0. The molecule has 0 N–H and O–H groups in total. The molecule has 0 unspecified atom stereocenters. The summed E-state index contributed by atoms with van der Waals surface area (Å²) in [7, 11) is 0. The Balaban J connectivity index is 0. The number of rotatable bonds is 1. The topological polar surface area (TPSA) is 0 Å². The van der Waals surface area contributed by atoms with Gasteiger partial charge in [-0.25, -0.2) is 0 Å². The van der Waals surface area contributed by atoms with Gasteiger partial charge in [0.2, 0.25) is 0 Å². The van der Waals surface area contributed by atoms with Crippen molar-refractivity contribution in [3.63, 3.8) is 0 Å². The maximum Gasteiger partial charge on any atom is -0.0184 e. The summed E-state index contributed by atoms with van der Waals surface area (Å²) >= 11 is 0. The fourth-order valence-electron chi connectivity index (χ4n) is 1.26. The average Bonchev–Trinajstić information content (AvgIpc) is 2.21. The Bertz CT molecular complexity index is 311. The first-order valence-corrected chi connectivity index (χ1v) is 4.07. The molecule has 0 fully saturated rings. The van der Waals surface area contributed by atoms with Crippen molar-refractivity contribution in [1.82, 2.24) is 0 Å². The molecule has 2 aromatic carbocycles. The third-order valence-electron chi connectivity index (χ3n) is 1.88. The summed E-state index contributed by atoms with van der Waals surface area (Å²) in [5.74, 6) is 0. The first-order chi connectivity index (χ1) is 5.97. The van der Waals surface area contributed by atoms with Gasteiger partial charge in [0, 0.05) is 0 Å². The van der Waals surface area contributed by atoms with Gasteiger partial charge in [-0.3, -0.25) is 0 Å². The van der Waals surface area contributed by atoms with Crippen molar-refractivity contribution >= 4 is 48.7 Å². The van der Waals surface area contributed by atoms with Crippen LogP contribution in [0.5, 0.6) is 0 Å². The largest absolute Gasteiger partial charge is 0.0622 e. The molecule has 2 radical (unpaired) electrons. The number of benzene rings is 2. The summed E-state index contributed by atoms with van der Waals surface area (Å²) in [4.78, 5) is 0. The van der Waals surface area contributed by atoms with Crippen LogP contribution < -0.4 is 0 Å². The Kier molecular flexibility index (Phi) is 10.4. The van der Waals surface area contributed by atoms with Crippen LogP contribution in [0.4, 0.5) is 0 Å². The molecule has 0 aliphatic heterocycles. The van der Waals surface area contributed by atoms with Crippen LogP contribution in [0.3, 0.4) is 0 Å². The van der Waals surface area contributed by atoms with Gasteiger partial charge < -0.3 is 0 Å². The van der Waals surface area contributed by atoms with Crippen molar-refractivity contribution in [2.75, 3.05) is 0 Å². The summed E-state index contributed by atoms with van der Waals surface area (Å²) in [5, 5.41) is 0. The molecule has 0 saturated heterocycles. The van der Waals surface area contributed by atoms with Crippen molar-refractivity contribution in [3.8, 4) is 11.1 Å². The Labute approximate surface area is 120 Å². The van der Waals surface area contributed by atoms with Gasteiger partial charge in [-0.05, 0) is 11.1 Å². The quantitative estimate of drug-likeness (QED) is 0.694. The van der Waals surface area contributed by atoms with E-state index in [2.05, 4.69) is 48.5 Å². The third kappa shape index (κ3) is 4.91. The van der Waals surface area contributed by atoms with Gasteiger partial charge in [-0.2, -0.15) is 0 Å². The fraction of sp³-hybridized carbons (Fsp3) is 0. The van der Waals surface area contributed by atoms with E-state index in [0.717, 1.165) is 0 Å². The van der Waals surface area contributed by atoms with Gasteiger partial charge in [0.15, 0.2) is 0 Å². The van der Waals surface area contributed by atoms with Crippen LogP contribution in [0.2, 0.25) is 0 Å². The number of hydrogen-bond acceptors (Lipinski definition) is 0. The average molecular weight is 348 g/mol. The Hall–Kier alpha value is -0.181. The molecule has 0 bridgehead atoms. The van der Waals surface area contributed by atoms with E-state index in [1.807, 2.05) is 12.1 Å². The first-order valence-electron chi connectivity index (χ1n) is 4.07. The van der Waals surface area contributed by atoms with Crippen molar-refractivity contribution in [3.05, 3.63) is 60.7 Å². The van der Waals surface area contributed by atoms with Gasteiger partial charge in [0.25, 0.3) is 0 Å². The standard InChI is InChI=1S/C12H10.2ClH.Sn.2H/c1-3-7-11(8-4-1)12-9-5-2-6-10-12;;;;;/h1-10H;2*1H;;;. The van der Waals surface area contributed by atoms with Gasteiger partial charge in [-0.1, -0.05) is 60.7 Å². The molecule has 80 valence electrons. The van der Waals surface area contributed by atoms with Gasteiger partial charge in [0.05, 0.1) is 0 Å². The monoisotopic (exact) mass is 348 g/mol. The second-order valence-electron chi connectivity index (χ2n) is 2.73. The molecule has 3 heteroatoms. The fourth-order valence-corrected chi connectivity index (χ4v) is 1.26. The van der Waals surface area contributed by atoms with Crippen molar-refractivity contribution < 1.29 is 0 Å². The van der Waals surface area contributed by atoms with Crippen molar-refractivity contribution in [2.45, 2.75) is 0 Å². The van der Waals surface area contributed by atoms with E-state index in [0.29, 0.717) is 0 Å². The van der Waals surface area contributed by atoms with E-state index in [4.69, 9.17) is 0 Å². The van der Waals surface area contributed by atoms with Crippen molar-refractivity contribution in [2.24, 2.45) is 0 Å². The predicted molar refractivity (Wildman–Crippen MR) is 74.9 cm³/mol. The minimum absolute atomic E-state index is 0. The van der Waals surface area contributed by atoms with Crippen LogP contribution in [0.1, 0.15) is 0 Å². The van der Waals surface area contributed by atoms with E-state index in [1.54, 1.807) is 0 Å². The first kappa shape index (κ1) is 17.2. The summed E-state index contributed by atoms with van der Waals surface area (Å²) in [6, 6.07) is 20.8. The van der Waals surface area contributed by atoms with Gasteiger partial charge in [0.1, 0.15) is 0 Å². The van der Waals surface area contributed by atoms with Crippen LogP contribution >= 0.6 is 24.8 Å². The molecule has 15 heavy (non-hydrogen) atoms. The maximum atomic E-state index is 2.12. The SMILES string of the molecule is Cl.Cl.[SnH2].c1ccc(-c2ccccc2)cc1. The van der Waals surface area contributed by atoms with E-state index in [-0.39, 0.29) is 48.7 Å². The molecule has 2 aromatic rings. The molecule has 2 rings (SSSR count). The minimum atomic E-state index is 0. The summed E-state index contributed by atoms with van der Waals surface area (Å²) in [6.07, 6.45) is 0. The van der Waals surface area contributed by atoms with Crippen molar-refractivity contribution in [1.29, 1.82) is 0 Å². The minimum Gasteiger partial charge on any atom is -0.0622 e. The normalized spacial score (nSPS) is 7.73. The predicted octanol–water partition coefficient (Wildman–Crippen LogP) is 3.28. The Morgan fingerprint density at radius 3 is 1.00 bits per heavy atom. The van der Waals surface area contributed by atoms with E-state index < -0.39 is 0 Å². The van der Waals surface area contributed by atoms with Crippen LogP contribution in [-0.2, 0) is 0 Å². The number of halogens is 2. The smallest absolute Gasteiger partial charge is 0.0184 e. The zero-order valence-electron chi connectivity index (χ0n) is 8.30. The Morgan fingerprint density at radius 2 is 0.733 bits per heavy atom.